The van der Waals surface area contributed by atoms with E-state index in [1.807, 2.05) is 29.2 Å². The van der Waals surface area contributed by atoms with E-state index < -0.39 is 0 Å². The first-order valence-corrected chi connectivity index (χ1v) is 11.3. The standard InChI is InChI=1S/C24H33N5O2/c1-23(2,3)18-6-4-17(5-7-18)22(31)25-12-9-20(30)29-14-10-24(11-15-29)21-19(8-13-28-24)26-16-27-21/h4-7,16,28H,8-15H2,1-3H3,(H,25,31)(H,26,27)/p+1. The lowest BCUT2D eigenvalue weighted by Crippen LogP contribution is -2.97. The van der Waals surface area contributed by atoms with Gasteiger partial charge >= 0.3 is 0 Å². The van der Waals surface area contributed by atoms with E-state index in [2.05, 4.69) is 41.4 Å². The van der Waals surface area contributed by atoms with Gasteiger partial charge in [0, 0.05) is 56.6 Å². The molecule has 7 heteroatoms. The molecule has 0 bridgehead atoms. The number of H-pyrrole nitrogens is 1. The summed E-state index contributed by atoms with van der Waals surface area (Å²) >= 11 is 0. The monoisotopic (exact) mass is 424 g/mol. The molecular weight excluding hydrogens is 390 g/mol. The van der Waals surface area contributed by atoms with Crippen LogP contribution in [0.2, 0.25) is 0 Å². The maximum atomic E-state index is 12.7. The number of rotatable bonds is 4. The number of aromatic nitrogens is 2. The van der Waals surface area contributed by atoms with Gasteiger partial charge < -0.3 is 20.5 Å². The molecule has 166 valence electrons. The van der Waals surface area contributed by atoms with Crippen LogP contribution in [0.1, 0.15) is 67.3 Å². The van der Waals surface area contributed by atoms with Crippen molar-refractivity contribution in [2.75, 3.05) is 26.2 Å². The molecule has 2 amide bonds. The summed E-state index contributed by atoms with van der Waals surface area (Å²) < 4.78 is 0. The zero-order valence-corrected chi connectivity index (χ0v) is 18.8. The van der Waals surface area contributed by atoms with Crippen molar-refractivity contribution >= 4 is 11.8 Å². The summed E-state index contributed by atoms with van der Waals surface area (Å²) in [6.45, 7) is 9.35. The number of likely N-dealkylation sites (tertiary alicyclic amines) is 1. The van der Waals surface area contributed by atoms with Crippen molar-refractivity contribution in [2.24, 2.45) is 0 Å². The molecule has 4 N–H and O–H groups in total. The summed E-state index contributed by atoms with van der Waals surface area (Å²) in [6.07, 6.45) is 4.99. The van der Waals surface area contributed by atoms with Crippen molar-refractivity contribution in [1.82, 2.24) is 20.2 Å². The van der Waals surface area contributed by atoms with Crippen LogP contribution in [-0.4, -0.2) is 52.9 Å². The molecule has 0 aliphatic carbocycles. The van der Waals surface area contributed by atoms with Crippen LogP contribution < -0.4 is 10.6 Å². The van der Waals surface area contributed by atoms with E-state index in [0.717, 1.165) is 38.9 Å². The highest BCUT2D eigenvalue weighted by molar-refractivity contribution is 5.94. The van der Waals surface area contributed by atoms with E-state index in [1.54, 1.807) is 6.33 Å². The van der Waals surface area contributed by atoms with Gasteiger partial charge in [-0.3, -0.25) is 9.59 Å². The summed E-state index contributed by atoms with van der Waals surface area (Å²) in [4.78, 5) is 34.9. The van der Waals surface area contributed by atoms with Crippen LogP contribution in [-0.2, 0) is 22.2 Å². The summed E-state index contributed by atoms with van der Waals surface area (Å²) in [5.74, 6) is -0.0231. The first-order chi connectivity index (χ1) is 14.8. The molecule has 0 atom stereocenters. The maximum absolute atomic E-state index is 12.7. The van der Waals surface area contributed by atoms with Crippen LogP contribution in [0, 0.1) is 0 Å². The SMILES string of the molecule is CC(C)(C)c1ccc(C(=O)NCCC(=O)N2CCC3(CC2)[NH2+]CCc2[nH]cnc23)cc1. The van der Waals surface area contributed by atoms with E-state index >= 15 is 0 Å². The number of piperidine rings is 1. The third kappa shape index (κ3) is 4.51. The lowest BCUT2D eigenvalue weighted by molar-refractivity contribution is -0.743. The number of nitrogens with two attached hydrogens (primary N) is 1. The second-order valence-electron chi connectivity index (χ2n) is 9.84. The number of fused-ring (bicyclic) bond motifs is 2. The Labute approximate surface area is 184 Å². The highest BCUT2D eigenvalue weighted by Gasteiger charge is 2.45. The van der Waals surface area contributed by atoms with Crippen molar-refractivity contribution in [3.05, 3.63) is 53.1 Å². The fourth-order valence-electron chi connectivity index (χ4n) is 4.79. The summed E-state index contributed by atoms with van der Waals surface area (Å²) in [5, 5.41) is 5.29. The van der Waals surface area contributed by atoms with Crippen LogP contribution in [0.25, 0.3) is 0 Å². The quantitative estimate of drug-likeness (QED) is 0.694. The molecule has 1 aromatic carbocycles. The molecule has 31 heavy (non-hydrogen) atoms. The Hall–Kier alpha value is -2.67. The number of carbonyl (C=O) groups excluding carboxylic acids is 2. The number of imidazole rings is 1. The fraction of sp³-hybridized carbons (Fsp3) is 0.542. The van der Waals surface area contributed by atoms with Crippen molar-refractivity contribution in [1.29, 1.82) is 0 Å². The topological polar surface area (TPSA) is 94.7 Å². The van der Waals surface area contributed by atoms with Crippen molar-refractivity contribution < 1.29 is 14.9 Å². The molecule has 0 saturated carbocycles. The Morgan fingerprint density at radius 2 is 1.90 bits per heavy atom. The number of nitrogens with one attached hydrogen (secondary N) is 2. The Morgan fingerprint density at radius 1 is 1.19 bits per heavy atom. The van der Waals surface area contributed by atoms with E-state index in [-0.39, 0.29) is 22.8 Å². The predicted molar refractivity (Wildman–Crippen MR) is 119 cm³/mol. The molecule has 2 aromatic rings. The van der Waals surface area contributed by atoms with Crippen molar-refractivity contribution in [3.8, 4) is 0 Å². The maximum Gasteiger partial charge on any atom is 0.251 e. The fourth-order valence-corrected chi connectivity index (χ4v) is 4.79. The van der Waals surface area contributed by atoms with Gasteiger partial charge in [-0.05, 0) is 23.1 Å². The number of benzene rings is 1. The average Bonchev–Trinajstić information content (AvgIpc) is 3.24. The molecular formula is C24H34N5O2+. The summed E-state index contributed by atoms with van der Waals surface area (Å²) in [6, 6.07) is 7.70. The minimum Gasteiger partial charge on any atom is -0.352 e. The minimum absolute atomic E-state index is 0.0117. The van der Waals surface area contributed by atoms with Crippen LogP contribution >= 0.6 is 0 Å². The average molecular weight is 425 g/mol. The van der Waals surface area contributed by atoms with E-state index in [1.165, 1.54) is 17.0 Å². The van der Waals surface area contributed by atoms with Gasteiger partial charge in [0.2, 0.25) is 5.91 Å². The largest absolute Gasteiger partial charge is 0.352 e. The van der Waals surface area contributed by atoms with E-state index in [9.17, 15) is 9.59 Å². The van der Waals surface area contributed by atoms with Crippen molar-refractivity contribution in [2.45, 2.75) is 57.4 Å². The molecule has 0 radical (unpaired) electrons. The number of amides is 2. The zero-order chi connectivity index (χ0) is 22.1. The summed E-state index contributed by atoms with van der Waals surface area (Å²) in [7, 11) is 0. The van der Waals surface area contributed by atoms with E-state index in [4.69, 9.17) is 0 Å². The van der Waals surface area contributed by atoms with Crippen LogP contribution in [0.4, 0.5) is 0 Å². The first-order valence-electron chi connectivity index (χ1n) is 11.3. The Morgan fingerprint density at radius 3 is 2.58 bits per heavy atom. The van der Waals surface area contributed by atoms with Gasteiger partial charge in [-0.2, -0.15) is 0 Å². The number of hydrogen-bond donors (Lipinski definition) is 3. The number of nitrogens with zero attached hydrogens (tertiary/aromatic N) is 2. The first kappa shape index (κ1) is 21.6. The number of carbonyl (C=O) groups is 2. The second-order valence-corrected chi connectivity index (χ2v) is 9.84. The summed E-state index contributed by atoms with van der Waals surface area (Å²) in [5.41, 5.74) is 4.32. The van der Waals surface area contributed by atoms with Gasteiger partial charge in [0.1, 0.15) is 11.2 Å². The zero-order valence-electron chi connectivity index (χ0n) is 18.8. The van der Waals surface area contributed by atoms with Crippen molar-refractivity contribution in [3.63, 3.8) is 0 Å². The Bertz CT molecular complexity index is 934. The molecule has 1 aromatic heterocycles. The van der Waals surface area contributed by atoms with Crippen LogP contribution in [0.5, 0.6) is 0 Å². The molecule has 0 unspecified atom stereocenters. The molecule has 3 heterocycles. The van der Waals surface area contributed by atoms with Gasteiger partial charge in [-0.25, -0.2) is 4.98 Å². The Kier molecular flexibility index (Phi) is 5.88. The smallest absolute Gasteiger partial charge is 0.251 e. The van der Waals surface area contributed by atoms with Crippen LogP contribution in [0.3, 0.4) is 0 Å². The second kappa shape index (κ2) is 8.46. The van der Waals surface area contributed by atoms with Gasteiger partial charge in [0.25, 0.3) is 5.91 Å². The van der Waals surface area contributed by atoms with Crippen LogP contribution in [0.15, 0.2) is 30.6 Å². The lowest BCUT2D eigenvalue weighted by Gasteiger charge is -2.41. The van der Waals surface area contributed by atoms with Gasteiger partial charge in [-0.1, -0.05) is 32.9 Å². The number of hydrogen-bond acceptors (Lipinski definition) is 3. The molecule has 2 aliphatic heterocycles. The number of aromatic amines is 1. The third-order valence-electron chi connectivity index (χ3n) is 6.77. The molecule has 4 rings (SSSR count). The van der Waals surface area contributed by atoms with Gasteiger partial charge in [0.15, 0.2) is 0 Å². The third-order valence-corrected chi connectivity index (χ3v) is 6.77. The predicted octanol–water partition coefficient (Wildman–Crippen LogP) is 1.46. The highest BCUT2D eigenvalue weighted by atomic mass is 16.2. The molecule has 7 nitrogen and oxygen atoms in total. The molecule has 1 saturated heterocycles. The normalized spacial score (nSPS) is 18.0. The molecule has 2 aliphatic rings. The highest BCUT2D eigenvalue weighted by Crippen LogP contribution is 2.31. The molecule has 1 fully saturated rings. The lowest BCUT2D eigenvalue weighted by atomic mass is 9.80. The van der Waals surface area contributed by atoms with E-state index in [0.29, 0.717) is 18.5 Å². The van der Waals surface area contributed by atoms with Gasteiger partial charge in [0.05, 0.1) is 12.9 Å². The molecule has 1 spiro atoms. The minimum atomic E-state index is -0.131. The number of quaternary nitrogens is 1. The Balaban J connectivity index is 1.25. The van der Waals surface area contributed by atoms with Gasteiger partial charge in [-0.15, -0.1) is 0 Å².